The van der Waals surface area contributed by atoms with Crippen LogP contribution in [0.15, 0.2) is 70.5 Å². The summed E-state index contributed by atoms with van der Waals surface area (Å²) in [4.78, 5) is 1.88. The van der Waals surface area contributed by atoms with Crippen molar-refractivity contribution in [2.24, 2.45) is 0 Å². The molecular weight excluding hydrogens is 224 g/mol. The normalized spacial score (nSPS) is 12.3. The van der Waals surface area contributed by atoms with Crippen LogP contribution in [-0.2, 0) is 9.83 Å². The minimum absolute atomic E-state index is 0.853. The lowest BCUT2D eigenvalue weighted by Crippen LogP contribution is -1.84. The molecule has 3 heteroatoms. The van der Waals surface area contributed by atoms with Crippen molar-refractivity contribution in [3.8, 4) is 0 Å². The van der Waals surface area contributed by atoms with E-state index < -0.39 is 9.83 Å². The van der Waals surface area contributed by atoms with Crippen LogP contribution in [0.25, 0.3) is 0 Å². The van der Waals surface area contributed by atoms with Crippen molar-refractivity contribution in [2.45, 2.75) is 9.79 Å². The second-order valence-corrected chi connectivity index (χ2v) is 5.93. The Labute approximate surface area is 95.4 Å². The largest absolute Gasteiger partial charge is 0.242 e. The Morgan fingerprint density at radius 1 is 0.800 bits per heavy atom. The lowest BCUT2D eigenvalue weighted by atomic mass is 10.4. The highest BCUT2D eigenvalue weighted by atomic mass is 33.1. The molecule has 0 aliphatic heterocycles. The topological polar surface area (TPSA) is 17.1 Å². The molecular formula is C12H10OS2. The van der Waals surface area contributed by atoms with E-state index >= 15 is 0 Å². The monoisotopic (exact) mass is 234 g/mol. The number of hydrogen-bond donors (Lipinski definition) is 0. The van der Waals surface area contributed by atoms with Gasteiger partial charge in [0.15, 0.2) is 0 Å². The fourth-order valence-electron chi connectivity index (χ4n) is 1.14. The fraction of sp³-hybridized carbons (Fsp3) is 0. The van der Waals surface area contributed by atoms with E-state index in [-0.39, 0.29) is 0 Å². The molecule has 0 radical (unpaired) electrons. The van der Waals surface area contributed by atoms with E-state index in [2.05, 4.69) is 0 Å². The van der Waals surface area contributed by atoms with Crippen molar-refractivity contribution in [1.29, 1.82) is 0 Å². The fourth-order valence-corrected chi connectivity index (χ4v) is 3.54. The van der Waals surface area contributed by atoms with Crippen LogP contribution >= 0.6 is 10.8 Å². The third kappa shape index (κ3) is 2.94. The molecule has 0 fully saturated rings. The molecule has 1 atom stereocenters. The van der Waals surface area contributed by atoms with Crippen LogP contribution in [-0.4, -0.2) is 4.21 Å². The predicted octanol–water partition coefficient (Wildman–Crippen LogP) is 3.50. The van der Waals surface area contributed by atoms with Gasteiger partial charge in [-0.1, -0.05) is 36.4 Å². The van der Waals surface area contributed by atoms with Crippen LogP contribution in [0.4, 0.5) is 0 Å². The number of hydrogen-bond acceptors (Lipinski definition) is 2. The Morgan fingerprint density at radius 3 is 1.93 bits per heavy atom. The first-order valence-corrected chi connectivity index (χ1v) is 7.05. The standard InChI is InChI=1S/C12H10OS2/c13-15(12-9-5-2-6-10-12)14-11-7-3-1-4-8-11/h1-10H. The van der Waals surface area contributed by atoms with Crippen molar-refractivity contribution >= 4 is 20.6 Å². The Bertz CT molecular complexity index is 440. The van der Waals surface area contributed by atoms with Crippen LogP contribution in [0, 0.1) is 0 Å². The highest BCUT2D eigenvalue weighted by Gasteiger charge is 2.04. The van der Waals surface area contributed by atoms with E-state index in [1.807, 2.05) is 60.7 Å². The van der Waals surface area contributed by atoms with Crippen LogP contribution in [0.2, 0.25) is 0 Å². The summed E-state index contributed by atoms with van der Waals surface area (Å²) < 4.78 is 11.9. The summed E-state index contributed by atoms with van der Waals surface area (Å²) in [6, 6.07) is 19.3. The lowest BCUT2D eigenvalue weighted by molar-refractivity contribution is 0.691. The highest BCUT2D eigenvalue weighted by Crippen LogP contribution is 2.26. The predicted molar refractivity (Wildman–Crippen MR) is 65.1 cm³/mol. The average molecular weight is 234 g/mol. The van der Waals surface area contributed by atoms with Crippen molar-refractivity contribution in [3.63, 3.8) is 0 Å². The van der Waals surface area contributed by atoms with Gasteiger partial charge in [0.1, 0.15) is 9.83 Å². The van der Waals surface area contributed by atoms with Gasteiger partial charge in [-0.2, -0.15) is 0 Å². The molecule has 0 N–H and O–H groups in total. The molecule has 0 bridgehead atoms. The Hall–Kier alpha value is -1.06. The van der Waals surface area contributed by atoms with E-state index in [1.165, 1.54) is 10.8 Å². The zero-order valence-corrected chi connectivity index (χ0v) is 9.63. The maximum Gasteiger partial charge on any atom is 0.117 e. The number of benzene rings is 2. The van der Waals surface area contributed by atoms with Gasteiger partial charge in [0.25, 0.3) is 0 Å². The van der Waals surface area contributed by atoms with E-state index in [1.54, 1.807) is 0 Å². The Kier molecular flexibility index (Phi) is 3.59. The number of rotatable bonds is 3. The molecule has 0 aliphatic rings. The van der Waals surface area contributed by atoms with Crippen LogP contribution in [0.5, 0.6) is 0 Å². The molecule has 0 aromatic heterocycles. The summed E-state index contributed by atoms with van der Waals surface area (Å²) in [5.41, 5.74) is 0. The molecule has 1 unspecified atom stereocenters. The van der Waals surface area contributed by atoms with Crippen LogP contribution in [0.3, 0.4) is 0 Å². The van der Waals surface area contributed by atoms with Gasteiger partial charge in [-0.15, -0.1) is 0 Å². The summed E-state index contributed by atoms with van der Waals surface area (Å²) in [6.45, 7) is 0. The second kappa shape index (κ2) is 5.14. The lowest BCUT2D eigenvalue weighted by Gasteiger charge is -2.00. The zero-order chi connectivity index (χ0) is 10.5. The first kappa shape index (κ1) is 10.5. The minimum atomic E-state index is -1.02. The first-order chi connectivity index (χ1) is 7.36. The Balaban J connectivity index is 2.12. The molecule has 2 aromatic rings. The molecule has 0 heterocycles. The molecule has 2 rings (SSSR count). The summed E-state index contributed by atoms with van der Waals surface area (Å²) in [5.74, 6) is 0. The quantitative estimate of drug-likeness (QED) is 0.756. The van der Waals surface area contributed by atoms with Crippen LogP contribution in [0.1, 0.15) is 0 Å². The molecule has 0 spiro atoms. The van der Waals surface area contributed by atoms with Crippen LogP contribution < -0.4 is 0 Å². The summed E-state index contributed by atoms with van der Waals surface area (Å²) in [5, 5.41) is 0. The van der Waals surface area contributed by atoms with Gasteiger partial charge in [0.05, 0.1) is 0 Å². The zero-order valence-electron chi connectivity index (χ0n) is 8.00. The third-order valence-electron chi connectivity index (χ3n) is 1.85. The molecule has 1 nitrogen and oxygen atoms in total. The summed E-state index contributed by atoms with van der Waals surface area (Å²) >= 11 is 0. The van der Waals surface area contributed by atoms with Crippen molar-refractivity contribution in [1.82, 2.24) is 0 Å². The maximum absolute atomic E-state index is 11.9. The average Bonchev–Trinajstić information content (AvgIpc) is 2.31. The van der Waals surface area contributed by atoms with Gasteiger partial charge in [0, 0.05) is 9.79 Å². The van der Waals surface area contributed by atoms with Crippen molar-refractivity contribution in [3.05, 3.63) is 60.7 Å². The maximum atomic E-state index is 11.9. The molecule has 0 amide bonds. The van der Waals surface area contributed by atoms with E-state index in [0.29, 0.717) is 0 Å². The van der Waals surface area contributed by atoms with E-state index in [0.717, 1.165) is 9.79 Å². The van der Waals surface area contributed by atoms with Gasteiger partial charge in [0.2, 0.25) is 0 Å². The van der Waals surface area contributed by atoms with Gasteiger partial charge < -0.3 is 0 Å². The molecule has 15 heavy (non-hydrogen) atoms. The molecule has 0 saturated carbocycles. The SMILES string of the molecule is O=S(Sc1ccccc1)c1ccccc1. The molecule has 2 aromatic carbocycles. The smallest absolute Gasteiger partial charge is 0.117 e. The third-order valence-corrected chi connectivity index (χ3v) is 4.73. The van der Waals surface area contributed by atoms with E-state index in [4.69, 9.17) is 0 Å². The van der Waals surface area contributed by atoms with Gasteiger partial charge in [-0.3, -0.25) is 0 Å². The molecule has 0 aliphatic carbocycles. The van der Waals surface area contributed by atoms with E-state index in [9.17, 15) is 4.21 Å². The second-order valence-electron chi connectivity index (χ2n) is 2.94. The minimum Gasteiger partial charge on any atom is -0.242 e. The van der Waals surface area contributed by atoms with Gasteiger partial charge in [-0.25, -0.2) is 4.21 Å². The summed E-state index contributed by atoms with van der Waals surface area (Å²) in [7, 11) is 0.351. The van der Waals surface area contributed by atoms with Gasteiger partial charge in [-0.05, 0) is 35.1 Å². The van der Waals surface area contributed by atoms with Gasteiger partial charge >= 0.3 is 0 Å². The Morgan fingerprint density at radius 2 is 1.33 bits per heavy atom. The highest BCUT2D eigenvalue weighted by molar-refractivity contribution is 8.69. The van der Waals surface area contributed by atoms with Crippen molar-refractivity contribution in [2.75, 3.05) is 0 Å². The molecule has 76 valence electrons. The van der Waals surface area contributed by atoms with Crippen molar-refractivity contribution < 1.29 is 4.21 Å². The summed E-state index contributed by atoms with van der Waals surface area (Å²) in [6.07, 6.45) is 0. The first-order valence-electron chi connectivity index (χ1n) is 4.56. The molecule has 0 saturated heterocycles.